The van der Waals surface area contributed by atoms with E-state index in [-0.39, 0.29) is 18.5 Å². The van der Waals surface area contributed by atoms with Gasteiger partial charge in [-0.25, -0.2) is 13.6 Å². The zero-order valence-corrected chi connectivity index (χ0v) is 14.7. The number of urea groups is 1. The standard InChI is InChI=1S/C19H14ClF2N3O2/c20-13-5-2-4-12-11(8-23-17(12)13)7-15-18(26)25(19(27)24-15)9-10-3-1-6-14(21)16(10)22/h1-6,8,15,23H,7,9H2,(H,24,27). The molecule has 3 aromatic rings. The largest absolute Gasteiger partial charge is 0.360 e. The summed E-state index contributed by atoms with van der Waals surface area (Å²) < 4.78 is 27.2. The molecule has 1 aliphatic heterocycles. The highest BCUT2D eigenvalue weighted by Gasteiger charge is 2.38. The highest BCUT2D eigenvalue weighted by atomic mass is 35.5. The van der Waals surface area contributed by atoms with Crippen molar-refractivity contribution in [1.29, 1.82) is 0 Å². The van der Waals surface area contributed by atoms with E-state index in [0.29, 0.717) is 5.02 Å². The smallest absolute Gasteiger partial charge is 0.325 e. The number of fused-ring (bicyclic) bond motifs is 1. The van der Waals surface area contributed by atoms with Gasteiger partial charge in [0.2, 0.25) is 0 Å². The van der Waals surface area contributed by atoms with E-state index in [0.717, 1.165) is 27.4 Å². The van der Waals surface area contributed by atoms with E-state index in [1.807, 2.05) is 6.07 Å². The van der Waals surface area contributed by atoms with Crippen LogP contribution in [0.25, 0.3) is 10.9 Å². The Morgan fingerprint density at radius 3 is 2.67 bits per heavy atom. The van der Waals surface area contributed by atoms with Gasteiger partial charge < -0.3 is 10.3 Å². The molecular formula is C19H14ClF2N3O2. The van der Waals surface area contributed by atoms with Crippen molar-refractivity contribution in [1.82, 2.24) is 15.2 Å². The monoisotopic (exact) mass is 389 g/mol. The molecule has 1 aliphatic rings. The summed E-state index contributed by atoms with van der Waals surface area (Å²) in [6.45, 7) is -0.329. The topological polar surface area (TPSA) is 65.2 Å². The van der Waals surface area contributed by atoms with Crippen molar-refractivity contribution in [3.8, 4) is 0 Å². The van der Waals surface area contributed by atoms with Crippen LogP contribution in [0.5, 0.6) is 0 Å². The number of hydrogen-bond acceptors (Lipinski definition) is 2. The number of H-pyrrole nitrogens is 1. The van der Waals surface area contributed by atoms with Crippen molar-refractivity contribution in [2.75, 3.05) is 0 Å². The minimum atomic E-state index is -1.06. The molecule has 4 rings (SSSR count). The molecule has 0 saturated carbocycles. The Morgan fingerprint density at radius 2 is 1.85 bits per heavy atom. The molecule has 3 amide bonds. The van der Waals surface area contributed by atoms with Crippen molar-refractivity contribution in [2.45, 2.75) is 19.0 Å². The van der Waals surface area contributed by atoms with Crippen molar-refractivity contribution in [3.63, 3.8) is 0 Å². The number of carbonyl (C=O) groups is 2. The highest BCUT2D eigenvalue weighted by Crippen LogP contribution is 2.27. The molecule has 5 nitrogen and oxygen atoms in total. The summed E-state index contributed by atoms with van der Waals surface area (Å²) in [6.07, 6.45) is 2.00. The Labute approximate surface area is 157 Å². The summed E-state index contributed by atoms with van der Waals surface area (Å²) in [6, 6.07) is 7.66. The van der Waals surface area contributed by atoms with Crippen molar-refractivity contribution in [2.24, 2.45) is 0 Å². The summed E-state index contributed by atoms with van der Waals surface area (Å²) >= 11 is 6.14. The summed E-state index contributed by atoms with van der Waals surface area (Å²) in [5, 5.41) is 4.02. The lowest BCUT2D eigenvalue weighted by molar-refractivity contribution is -0.127. The molecule has 138 valence electrons. The lowest BCUT2D eigenvalue weighted by Crippen LogP contribution is -2.32. The molecule has 0 aliphatic carbocycles. The molecule has 1 fully saturated rings. The molecule has 2 aromatic carbocycles. The first kappa shape index (κ1) is 17.5. The summed E-state index contributed by atoms with van der Waals surface area (Å²) in [5.74, 6) is -2.57. The van der Waals surface area contributed by atoms with Gasteiger partial charge in [0.15, 0.2) is 11.6 Å². The van der Waals surface area contributed by atoms with Gasteiger partial charge in [0, 0.05) is 23.6 Å². The second kappa shape index (κ2) is 6.66. The number of halogens is 3. The fourth-order valence-electron chi connectivity index (χ4n) is 3.27. The number of aromatic amines is 1. The average Bonchev–Trinajstić information content (AvgIpc) is 3.16. The first-order valence-corrected chi connectivity index (χ1v) is 8.62. The number of imide groups is 1. The molecular weight excluding hydrogens is 376 g/mol. The zero-order chi connectivity index (χ0) is 19.1. The number of benzene rings is 2. The Kier molecular flexibility index (Phi) is 4.31. The number of amides is 3. The Bertz CT molecular complexity index is 1070. The van der Waals surface area contributed by atoms with Crippen LogP contribution in [0.4, 0.5) is 13.6 Å². The van der Waals surface area contributed by atoms with E-state index >= 15 is 0 Å². The van der Waals surface area contributed by atoms with Crippen LogP contribution in [0.15, 0.2) is 42.6 Å². The molecule has 0 bridgehead atoms. The number of para-hydroxylation sites is 1. The first-order chi connectivity index (χ1) is 13.0. The second-order valence-corrected chi connectivity index (χ2v) is 6.73. The van der Waals surface area contributed by atoms with Gasteiger partial charge in [-0.1, -0.05) is 35.9 Å². The third-order valence-electron chi connectivity index (χ3n) is 4.64. The fraction of sp³-hybridized carbons (Fsp3) is 0.158. The van der Waals surface area contributed by atoms with E-state index in [1.54, 1.807) is 18.3 Å². The van der Waals surface area contributed by atoms with Crippen LogP contribution in [0.2, 0.25) is 5.02 Å². The van der Waals surface area contributed by atoms with Crippen LogP contribution >= 0.6 is 11.6 Å². The first-order valence-electron chi connectivity index (χ1n) is 8.25. The quantitative estimate of drug-likeness (QED) is 0.667. The van der Waals surface area contributed by atoms with Gasteiger partial charge in [-0.15, -0.1) is 0 Å². The van der Waals surface area contributed by atoms with Gasteiger partial charge in [0.25, 0.3) is 5.91 Å². The van der Waals surface area contributed by atoms with Crippen LogP contribution in [0.1, 0.15) is 11.1 Å². The van der Waals surface area contributed by atoms with Crippen molar-refractivity contribution >= 4 is 34.4 Å². The van der Waals surface area contributed by atoms with Crippen LogP contribution < -0.4 is 5.32 Å². The lowest BCUT2D eigenvalue weighted by atomic mass is 10.0. The average molecular weight is 390 g/mol. The van der Waals surface area contributed by atoms with E-state index in [9.17, 15) is 18.4 Å². The normalized spacial score (nSPS) is 17.0. The second-order valence-electron chi connectivity index (χ2n) is 6.32. The van der Waals surface area contributed by atoms with Gasteiger partial charge in [-0.3, -0.25) is 9.69 Å². The number of nitrogens with one attached hydrogen (secondary N) is 2. The van der Waals surface area contributed by atoms with E-state index < -0.39 is 29.6 Å². The minimum Gasteiger partial charge on any atom is -0.360 e. The van der Waals surface area contributed by atoms with Crippen LogP contribution in [0.3, 0.4) is 0 Å². The van der Waals surface area contributed by atoms with Crippen molar-refractivity contribution in [3.05, 3.63) is 70.4 Å². The maximum absolute atomic E-state index is 13.9. The number of rotatable bonds is 4. The summed E-state index contributed by atoms with van der Waals surface area (Å²) in [4.78, 5) is 28.8. The molecule has 1 aromatic heterocycles. The van der Waals surface area contributed by atoms with Gasteiger partial charge in [-0.05, 0) is 17.7 Å². The number of nitrogens with zero attached hydrogens (tertiary/aromatic N) is 1. The SMILES string of the molecule is O=C1NC(Cc2c[nH]c3c(Cl)cccc23)C(=O)N1Cc1cccc(F)c1F. The molecule has 8 heteroatoms. The van der Waals surface area contributed by atoms with Gasteiger partial charge >= 0.3 is 6.03 Å². The van der Waals surface area contributed by atoms with Gasteiger partial charge in [0.1, 0.15) is 6.04 Å². The Hall–Kier alpha value is -2.93. The number of carbonyl (C=O) groups excluding carboxylic acids is 2. The summed E-state index contributed by atoms with van der Waals surface area (Å²) in [5.41, 5.74) is 1.52. The molecule has 1 unspecified atom stereocenters. The Balaban J connectivity index is 1.56. The third-order valence-corrected chi connectivity index (χ3v) is 4.96. The van der Waals surface area contributed by atoms with Crippen LogP contribution in [-0.2, 0) is 17.8 Å². The molecule has 0 spiro atoms. The zero-order valence-electron chi connectivity index (χ0n) is 13.9. The lowest BCUT2D eigenvalue weighted by Gasteiger charge is -2.13. The maximum Gasteiger partial charge on any atom is 0.325 e. The van der Waals surface area contributed by atoms with Crippen LogP contribution in [0, 0.1) is 11.6 Å². The highest BCUT2D eigenvalue weighted by molar-refractivity contribution is 6.35. The Morgan fingerprint density at radius 1 is 1.07 bits per heavy atom. The molecule has 2 heterocycles. The van der Waals surface area contributed by atoms with E-state index in [2.05, 4.69) is 10.3 Å². The number of aromatic nitrogens is 1. The number of hydrogen-bond donors (Lipinski definition) is 2. The molecule has 0 radical (unpaired) electrons. The van der Waals surface area contributed by atoms with Gasteiger partial charge in [0.05, 0.1) is 17.1 Å². The molecule has 27 heavy (non-hydrogen) atoms. The molecule has 1 saturated heterocycles. The summed E-state index contributed by atoms with van der Waals surface area (Å²) in [7, 11) is 0. The predicted molar refractivity (Wildman–Crippen MR) is 96.2 cm³/mol. The van der Waals surface area contributed by atoms with E-state index in [4.69, 9.17) is 11.6 Å². The van der Waals surface area contributed by atoms with Crippen molar-refractivity contribution < 1.29 is 18.4 Å². The minimum absolute atomic E-state index is 0.0574. The maximum atomic E-state index is 13.9. The third kappa shape index (κ3) is 3.04. The van der Waals surface area contributed by atoms with Gasteiger partial charge in [-0.2, -0.15) is 0 Å². The predicted octanol–water partition coefficient (Wildman–Crippen LogP) is 3.76. The molecule has 2 N–H and O–H groups in total. The van der Waals surface area contributed by atoms with E-state index in [1.165, 1.54) is 12.1 Å². The van der Waals surface area contributed by atoms with Crippen LogP contribution in [-0.4, -0.2) is 27.9 Å². The molecule has 1 atom stereocenters. The fourth-order valence-corrected chi connectivity index (χ4v) is 3.50.